The van der Waals surface area contributed by atoms with Gasteiger partial charge in [0.1, 0.15) is 11.6 Å². The summed E-state index contributed by atoms with van der Waals surface area (Å²) in [5, 5.41) is 15.2. The molecule has 0 aliphatic rings. The van der Waals surface area contributed by atoms with Gasteiger partial charge in [-0.25, -0.2) is 9.37 Å². The van der Waals surface area contributed by atoms with E-state index in [9.17, 15) is 4.39 Å². The molecule has 0 saturated heterocycles. The summed E-state index contributed by atoms with van der Waals surface area (Å²) in [5.41, 5.74) is 2.70. The summed E-state index contributed by atoms with van der Waals surface area (Å²) >= 11 is 0. The molecule has 3 aromatic rings. The second kappa shape index (κ2) is 8.35. The monoisotopic (exact) mass is 353 g/mol. The highest BCUT2D eigenvalue weighted by Crippen LogP contribution is 2.25. The lowest BCUT2D eigenvalue weighted by atomic mass is 10.2. The highest BCUT2D eigenvalue weighted by Gasteiger charge is 2.09. The standard InChI is InChI=1S/C19H20FN5O/c1-13-15(20)6-2-7-16(13)23-18-11-17(14-5-3-8-21-12-14)24-19(25-18)22-9-4-10-26/h2-3,5-8,11-12,26H,4,9-10H2,1H3,(H2,22,23,24,25). The number of pyridine rings is 1. The van der Waals surface area contributed by atoms with Gasteiger partial charge in [-0.1, -0.05) is 6.07 Å². The van der Waals surface area contributed by atoms with Crippen molar-refractivity contribution in [3.8, 4) is 11.3 Å². The van der Waals surface area contributed by atoms with Gasteiger partial charge in [0.05, 0.1) is 5.69 Å². The lowest BCUT2D eigenvalue weighted by Gasteiger charge is -2.13. The molecule has 26 heavy (non-hydrogen) atoms. The number of hydrogen-bond acceptors (Lipinski definition) is 6. The molecule has 0 aliphatic heterocycles. The molecule has 3 N–H and O–H groups in total. The van der Waals surface area contributed by atoms with E-state index in [1.807, 2.05) is 12.1 Å². The Morgan fingerprint density at radius 3 is 2.81 bits per heavy atom. The van der Waals surface area contributed by atoms with E-state index in [1.165, 1.54) is 6.07 Å². The Bertz CT molecular complexity index is 873. The SMILES string of the molecule is Cc1c(F)cccc1Nc1cc(-c2cccnc2)nc(NCCCO)n1. The molecule has 7 heteroatoms. The molecule has 0 bridgehead atoms. The summed E-state index contributed by atoms with van der Waals surface area (Å²) in [5.74, 6) is 0.688. The minimum atomic E-state index is -0.280. The van der Waals surface area contributed by atoms with Crippen molar-refractivity contribution >= 4 is 17.5 Å². The van der Waals surface area contributed by atoms with Crippen LogP contribution < -0.4 is 10.6 Å². The van der Waals surface area contributed by atoms with Crippen molar-refractivity contribution in [3.63, 3.8) is 0 Å². The Labute approximate surface area is 151 Å². The molecule has 0 atom stereocenters. The lowest BCUT2D eigenvalue weighted by Crippen LogP contribution is -2.09. The Balaban J connectivity index is 1.95. The van der Waals surface area contributed by atoms with Crippen LogP contribution in [-0.2, 0) is 0 Å². The van der Waals surface area contributed by atoms with E-state index in [1.54, 1.807) is 37.5 Å². The summed E-state index contributed by atoms with van der Waals surface area (Å²) in [7, 11) is 0. The van der Waals surface area contributed by atoms with Crippen LogP contribution in [0.4, 0.5) is 21.8 Å². The largest absolute Gasteiger partial charge is 0.396 e. The third-order valence-electron chi connectivity index (χ3n) is 3.83. The van der Waals surface area contributed by atoms with Gasteiger partial charge in [-0.3, -0.25) is 4.98 Å². The third-order valence-corrected chi connectivity index (χ3v) is 3.83. The van der Waals surface area contributed by atoms with Gasteiger partial charge in [-0.15, -0.1) is 0 Å². The summed E-state index contributed by atoms with van der Waals surface area (Å²) in [6.07, 6.45) is 4.00. The van der Waals surface area contributed by atoms with Crippen LogP contribution in [0.25, 0.3) is 11.3 Å². The van der Waals surface area contributed by atoms with E-state index in [0.717, 1.165) is 5.56 Å². The number of aliphatic hydroxyl groups excluding tert-OH is 1. The van der Waals surface area contributed by atoms with Gasteiger partial charge in [-0.2, -0.15) is 4.98 Å². The van der Waals surface area contributed by atoms with Gasteiger partial charge in [-0.05, 0) is 37.6 Å². The van der Waals surface area contributed by atoms with Gasteiger partial charge in [0.2, 0.25) is 5.95 Å². The second-order valence-corrected chi connectivity index (χ2v) is 5.75. The van der Waals surface area contributed by atoms with Crippen molar-refractivity contribution in [1.82, 2.24) is 15.0 Å². The first kappa shape index (κ1) is 17.8. The van der Waals surface area contributed by atoms with Crippen molar-refractivity contribution in [2.45, 2.75) is 13.3 Å². The molecule has 0 fully saturated rings. The van der Waals surface area contributed by atoms with Gasteiger partial charge in [0, 0.05) is 48.4 Å². The molecule has 3 rings (SSSR count). The van der Waals surface area contributed by atoms with Crippen LogP contribution in [0.15, 0.2) is 48.8 Å². The zero-order valence-electron chi connectivity index (χ0n) is 14.4. The van der Waals surface area contributed by atoms with E-state index in [2.05, 4.69) is 25.6 Å². The maximum absolute atomic E-state index is 13.8. The van der Waals surface area contributed by atoms with Gasteiger partial charge >= 0.3 is 0 Å². The van der Waals surface area contributed by atoms with Crippen molar-refractivity contribution in [2.24, 2.45) is 0 Å². The van der Waals surface area contributed by atoms with Crippen LogP contribution in [-0.4, -0.2) is 33.2 Å². The quantitative estimate of drug-likeness (QED) is 0.564. The number of anilines is 3. The number of rotatable bonds is 7. The van der Waals surface area contributed by atoms with Crippen molar-refractivity contribution in [3.05, 3.63) is 60.2 Å². The average Bonchev–Trinajstić information content (AvgIpc) is 2.66. The molecule has 1 aromatic carbocycles. The first-order valence-electron chi connectivity index (χ1n) is 8.33. The number of nitrogens with zero attached hydrogens (tertiary/aromatic N) is 3. The van der Waals surface area contributed by atoms with E-state index in [-0.39, 0.29) is 12.4 Å². The number of aliphatic hydroxyl groups is 1. The first-order chi connectivity index (χ1) is 12.7. The maximum atomic E-state index is 13.8. The molecule has 0 saturated carbocycles. The molecule has 2 aromatic heterocycles. The topological polar surface area (TPSA) is 83.0 Å². The Morgan fingerprint density at radius 1 is 1.15 bits per heavy atom. The van der Waals surface area contributed by atoms with Gasteiger partial charge < -0.3 is 15.7 Å². The molecule has 2 heterocycles. The molecule has 0 spiro atoms. The van der Waals surface area contributed by atoms with Crippen LogP contribution >= 0.6 is 0 Å². The van der Waals surface area contributed by atoms with Crippen LogP contribution in [0.3, 0.4) is 0 Å². The Hall–Kier alpha value is -3.06. The van der Waals surface area contributed by atoms with E-state index in [4.69, 9.17) is 5.11 Å². The first-order valence-corrected chi connectivity index (χ1v) is 8.33. The highest BCUT2D eigenvalue weighted by molar-refractivity contribution is 5.68. The lowest BCUT2D eigenvalue weighted by molar-refractivity contribution is 0.292. The van der Waals surface area contributed by atoms with Crippen LogP contribution in [0.2, 0.25) is 0 Å². The zero-order chi connectivity index (χ0) is 18.4. The van der Waals surface area contributed by atoms with E-state index in [0.29, 0.717) is 41.7 Å². The van der Waals surface area contributed by atoms with Crippen molar-refractivity contribution in [2.75, 3.05) is 23.8 Å². The Morgan fingerprint density at radius 2 is 2.04 bits per heavy atom. The fourth-order valence-corrected chi connectivity index (χ4v) is 2.41. The minimum absolute atomic E-state index is 0.0862. The summed E-state index contributed by atoms with van der Waals surface area (Å²) < 4.78 is 13.8. The highest BCUT2D eigenvalue weighted by atomic mass is 19.1. The number of benzene rings is 1. The number of halogens is 1. The molecular weight excluding hydrogens is 333 g/mol. The number of hydrogen-bond donors (Lipinski definition) is 3. The fraction of sp³-hybridized carbons (Fsp3) is 0.211. The minimum Gasteiger partial charge on any atom is -0.396 e. The van der Waals surface area contributed by atoms with E-state index >= 15 is 0 Å². The normalized spacial score (nSPS) is 10.6. The van der Waals surface area contributed by atoms with Gasteiger partial charge in [0.15, 0.2) is 0 Å². The van der Waals surface area contributed by atoms with Crippen LogP contribution in [0, 0.1) is 12.7 Å². The van der Waals surface area contributed by atoms with Gasteiger partial charge in [0.25, 0.3) is 0 Å². The summed E-state index contributed by atoms with van der Waals surface area (Å²) in [6.45, 7) is 2.34. The summed E-state index contributed by atoms with van der Waals surface area (Å²) in [6, 6.07) is 10.4. The molecule has 0 unspecified atom stereocenters. The average molecular weight is 353 g/mol. The van der Waals surface area contributed by atoms with Crippen molar-refractivity contribution in [1.29, 1.82) is 0 Å². The predicted octanol–water partition coefficient (Wildman–Crippen LogP) is 3.52. The molecule has 6 nitrogen and oxygen atoms in total. The molecule has 0 amide bonds. The number of nitrogens with one attached hydrogen (secondary N) is 2. The smallest absolute Gasteiger partial charge is 0.225 e. The fourth-order valence-electron chi connectivity index (χ4n) is 2.41. The van der Waals surface area contributed by atoms with Crippen molar-refractivity contribution < 1.29 is 9.50 Å². The van der Waals surface area contributed by atoms with Crippen LogP contribution in [0.1, 0.15) is 12.0 Å². The van der Waals surface area contributed by atoms with Crippen LogP contribution in [0.5, 0.6) is 0 Å². The maximum Gasteiger partial charge on any atom is 0.225 e. The molecular formula is C19H20FN5O. The summed E-state index contributed by atoms with van der Waals surface area (Å²) in [4.78, 5) is 13.1. The predicted molar refractivity (Wildman–Crippen MR) is 99.9 cm³/mol. The molecule has 0 aliphatic carbocycles. The van der Waals surface area contributed by atoms with E-state index < -0.39 is 0 Å². The molecule has 134 valence electrons. The third kappa shape index (κ3) is 4.31. The molecule has 0 radical (unpaired) electrons. The second-order valence-electron chi connectivity index (χ2n) is 5.75. The zero-order valence-corrected chi connectivity index (χ0v) is 14.4. The Kier molecular flexibility index (Phi) is 5.70. The number of aromatic nitrogens is 3.